The topological polar surface area (TPSA) is 45.2 Å². The van der Waals surface area contributed by atoms with E-state index in [2.05, 4.69) is 10.3 Å². The number of thiazole rings is 1. The van der Waals surface area contributed by atoms with Crippen molar-refractivity contribution in [3.05, 3.63) is 29.3 Å². The number of aromatic nitrogens is 1. The van der Waals surface area contributed by atoms with Crippen LogP contribution in [0.15, 0.2) is 23.7 Å². The highest BCUT2D eigenvalue weighted by atomic mass is 32.1. The maximum absolute atomic E-state index is 12.2. The molecular weight excluding hydrogens is 234 g/mol. The van der Waals surface area contributed by atoms with Crippen molar-refractivity contribution in [1.29, 1.82) is 0 Å². The standard InChI is InChI=1S/C12H13N3OS/c16-12(15-5-3-13-4-6-15)9-1-2-11-10(7-9)14-8-17-11/h1-2,7-8,13H,3-6H2. The molecule has 0 unspecified atom stereocenters. The Bertz CT molecular complexity index is 545. The maximum Gasteiger partial charge on any atom is 0.254 e. The number of amides is 1. The molecular formula is C12H13N3OS. The number of carbonyl (C=O) groups is 1. The van der Waals surface area contributed by atoms with Crippen molar-refractivity contribution >= 4 is 27.5 Å². The lowest BCUT2D eigenvalue weighted by molar-refractivity contribution is 0.0736. The molecule has 1 aliphatic rings. The molecule has 1 aliphatic heterocycles. The molecule has 0 aliphatic carbocycles. The highest BCUT2D eigenvalue weighted by Gasteiger charge is 2.18. The summed E-state index contributed by atoms with van der Waals surface area (Å²) in [6.07, 6.45) is 0. The van der Waals surface area contributed by atoms with Gasteiger partial charge in [0.2, 0.25) is 0 Å². The largest absolute Gasteiger partial charge is 0.336 e. The highest BCUT2D eigenvalue weighted by Crippen LogP contribution is 2.19. The van der Waals surface area contributed by atoms with Crippen LogP contribution < -0.4 is 5.32 Å². The average Bonchev–Trinajstić information content (AvgIpc) is 2.86. The Morgan fingerprint density at radius 3 is 3.00 bits per heavy atom. The first-order chi connectivity index (χ1) is 8.34. The van der Waals surface area contributed by atoms with E-state index in [1.165, 1.54) is 0 Å². The summed E-state index contributed by atoms with van der Waals surface area (Å²) in [5, 5.41) is 3.24. The summed E-state index contributed by atoms with van der Waals surface area (Å²) < 4.78 is 1.13. The molecule has 1 amide bonds. The molecule has 2 heterocycles. The number of hydrogen-bond donors (Lipinski definition) is 1. The minimum Gasteiger partial charge on any atom is -0.336 e. The van der Waals surface area contributed by atoms with Gasteiger partial charge in [-0.05, 0) is 18.2 Å². The second kappa shape index (κ2) is 4.43. The van der Waals surface area contributed by atoms with E-state index < -0.39 is 0 Å². The molecule has 0 spiro atoms. The Hall–Kier alpha value is -1.46. The summed E-state index contributed by atoms with van der Waals surface area (Å²) in [4.78, 5) is 18.4. The van der Waals surface area contributed by atoms with Gasteiger partial charge in [0.05, 0.1) is 15.7 Å². The smallest absolute Gasteiger partial charge is 0.254 e. The van der Waals surface area contributed by atoms with Gasteiger partial charge in [0.15, 0.2) is 0 Å². The van der Waals surface area contributed by atoms with Crippen LogP contribution >= 0.6 is 11.3 Å². The summed E-state index contributed by atoms with van der Waals surface area (Å²) in [6.45, 7) is 3.33. The third-order valence-electron chi connectivity index (χ3n) is 2.98. The van der Waals surface area contributed by atoms with Crippen LogP contribution in [0.2, 0.25) is 0 Å². The second-order valence-electron chi connectivity index (χ2n) is 4.08. The molecule has 1 aromatic carbocycles. The molecule has 0 radical (unpaired) electrons. The number of fused-ring (bicyclic) bond motifs is 1. The first-order valence-corrected chi connectivity index (χ1v) is 6.56. The van der Waals surface area contributed by atoms with E-state index in [9.17, 15) is 4.79 Å². The van der Waals surface area contributed by atoms with Crippen LogP contribution in [0.3, 0.4) is 0 Å². The third kappa shape index (κ3) is 2.03. The molecule has 17 heavy (non-hydrogen) atoms. The number of rotatable bonds is 1. The number of nitrogens with zero attached hydrogens (tertiary/aromatic N) is 2. The Labute approximate surface area is 103 Å². The van der Waals surface area contributed by atoms with Crippen LogP contribution in [0.25, 0.3) is 10.2 Å². The summed E-state index contributed by atoms with van der Waals surface area (Å²) in [5.41, 5.74) is 3.46. The van der Waals surface area contributed by atoms with E-state index in [0.717, 1.165) is 42.0 Å². The number of hydrogen-bond acceptors (Lipinski definition) is 4. The van der Waals surface area contributed by atoms with E-state index in [0.29, 0.717) is 0 Å². The van der Waals surface area contributed by atoms with Gasteiger partial charge >= 0.3 is 0 Å². The van der Waals surface area contributed by atoms with E-state index >= 15 is 0 Å². The molecule has 1 aromatic heterocycles. The van der Waals surface area contributed by atoms with Gasteiger partial charge in [-0.2, -0.15) is 0 Å². The molecule has 1 fully saturated rings. The molecule has 1 saturated heterocycles. The fourth-order valence-corrected chi connectivity index (χ4v) is 2.70. The van der Waals surface area contributed by atoms with Crippen LogP contribution in [0.4, 0.5) is 0 Å². The molecule has 0 saturated carbocycles. The lowest BCUT2D eigenvalue weighted by atomic mass is 10.1. The van der Waals surface area contributed by atoms with Gasteiger partial charge in [0, 0.05) is 31.7 Å². The van der Waals surface area contributed by atoms with Crippen LogP contribution in [-0.2, 0) is 0 Å². The molecule has 88 valence electrons. The van der Waals surface area contributed by atoms with Crippen molar-refractivity contribution < 1.29 is 4.79 Å². The zero-order valence-electron chi connectivity index (χ0n) is 9.35. The van der Waals surface area contributed by atoms with Gasteiger partial charge in [-0.3, -0.25) is 4.79 Å². The van der Waals surface area contributed by atoms with E-state index in [4.69, 9.17) is 0 Å². The lowest BCUT2D eigenvalue weighted by Crippen LogP contribution is -2.46. The van der Waals surface area contributed by atoms with E-state index in [1.54, 1.807) is 11.3 Å². The van der Waals surface area contributed by atoms with E-state index in [-0.39, 0.29) is 5.91 Å². The number of piperazine rings is 1. The van der Waals surface area contributed by atoms with Crippen LogP contribution in [-0.4, -0.2) is 42.0 Å². The predicted molar refractivity (Wildman–Crippen MR) is 68.4 cm³/mol. The highest BCUT2D eigenvalue weighted by molar-refractivity contribution is 7.16. The second-order valence-corrected chi connectivity index (χ2v) is 4.96. The number of carbonyl (C=O) groups excluding carboxylic acids is 1. The summed E-state index contributed by atoms with van der Waals surface area (Å²) in [6, 6.07) is 5.75. The molecule has 1 N–H and O–H groups in total. The number of benzene rings is 1. The average molecular weight is 247 g/mol. The van der Waals surface area contributed by atoms with Gasteiger partial charge in [-0.25, -0.2) is 4.98 Å². The Morgan fingerprint density at radius 2 is 2.18 bits per heavy atom. The molecule has 4 nitrogen and oxygen atoms in total. The van der Waals surface area contributed by atoms with Crippen molar-refractivity contribution in [3.63, 3.8) is 0 Å². The number of nitrogens with one attached hydrogen (secondary N) is 1. The Balaban J connectivity index is 1.88. The fourth-order valence-electron chi connectivity index (χ4n) is 2.04. The molecule has 3 rings (SSSR count). The van der Waals surface area contributed by atoms with Crippen molar-refractivity contribution in [1.82, 2.24) is 15.2 Å². The van der Waals surface area contributed by atoms with Gasteiger partial charge in [-0.1, -0.05) is 0 Å². The van der Waals surface area contributed by atoms with Gasteiger partial charge in [0.25, 0.3) is 5.91 Å². The van der Waals surface area contributed by atoms with Gasteiger partial charge in [0.1, 0.15) is 0 Å². The summed E-state index contributed by atoms with van der Waals surface area (Å²) in [7, 11) is 0. The van der Waals surface area contributed by atoms with Crippen molar-refractivity contribution in [3.8, 4) is 0 Å². The van der Waals surface area contributed by atoms with Crippen molar-refractivity contribution in [2.45, 2.75) is 0 Å². The minimum atomic E-state index is 0.112. The zero-order valence-corrected chi connectivity index (χ0v) is 10.2. The predicted octanol–water partition coefficient (Wildman–Crippen LogP) is 1.34. The van der Waals surface area contributed by atoms with Crippen LogP contribution in [0.1, 0.15) is 10.4 Å². The maximum atomic E-state index is 12.2. The van der Waals surface area contributed by atoms with Gasteiger partial charge in [-0.15, -0.1) is 11.3 Å². The van der Waals surface area contributed by atoms with Crippen molar-refractivity contribution in [2.24, 2.45) is 0 Å². The Morgan fingerprint density at radius 1 is 1.35 bits per heavy atom. The molecule has 2 aromatic rings. The molecule has 0 atom stereocenters. The quantitative estimate of drug-likeness (QED) is 0.827. The molecule has 5 heteroatoms. The summed E-state index contributed by atoms with van der Waals surface area (Å²) in [5.74, 6) is 0.112. The fraction of sp³-hybridized carbons (Fsp3) is 0.333. The monoisotopic (exact) mass is 247 g/mol. The van der Waals surface area contributed by atoms with Crippen LogP contribution in [0.5, 0.6) is 0 Å². The third-order valence-corrected chi connectivity index (χ3v) is 3.79. The van der Waals surface area contributed by atoms with E-state index in [1.807, 2.05) is 28.6 Å². The molecule has 0 bridgehead atoms. The minimum absolute atomic E-state index is 0.112. The first-order valence-electron chi connectivity index (χ1n) is 5.68. The van der Waals surface area contributed by atoms with Crippen molar-refractivity contribution in [2.75, 3.05) is 26.2 Å². The lowest BCUT2D eigenvalue weighted by Gasteiger charge is -2.27. The van der Waals surface area contributed by atoms with Gasteiger partial charge < -0.3 is 10.2 Å². The Kier molecular flexibility index (Phi) is 2.78. The first kappa shape index (κ1) is 10.7. The van der Waals surface area contributed by atoms with Crippen LogP contribution in [0, 0.1) is 0 Å². The SMILES string of the molecule is O=C(c1ccc2scnc2c1)N1CCNCC1. The summed E-state index contributed by atoms with van der Waals surface area (Å²) >= 11 is 1.60. The zero-order chi connectivity index (χ0) is 11.7. The normalized spacial score (nSPS) is 16.4.